The van der Waals surface area contributed by atoms with Crippen LogP contribution in [0.4, 0.5) is 13.2 Å². The van der Waals surface area contributed by atoms with Crippen LogP contribution in [0.5, 0.6) is 0 Å². The fourth-order valence-corrected chi connectivity index (χ4v) is 4.58. The molecule has 0 saturated carbocycles. The number of amides is 2. The van der Waals surface area contributed by atoms with Crippen molar-refractivity contribution in [2.75, 3.05) is 46.1 Å². The Balaban J connectivity index is 0.000000493. The summed E-state index contributed by atoms with van der Waals surface area (Å²) < 4.78 is 44.1. The number of carbonyl (C=O) groups is 3. The minimum atomic E-state index is -5.19. The van der Waals surface area contributed by atoms with E-state index in [0.717, 1.165) is 16.8 Å². The fourth-order valence-electron chi connectivity index (χ4n) is 4.58. The number of H-pyrrole nitrogens is 1. The van der Waals surface area contributed by atoms with Gasteiger partial charge in [-0.05, 0) is 49.2 Å². The predicted octanol–water partition coefficient (Wildman–Crippen LogP) is 0.463. The third-order valence-corrected chi connectivity index (χ3v) is 6.90. The zero-order valence-electron chi connectivity index (χ0n) is 21.9. The van der Waals surface area contributed by atoms with Crippen LogP contribution in [0, 0.1) is 0 Å². The summed E-state index contributed by atoms with van der Waals surface area (Å²) >= 11 is 0. The van der Waals surface area contributed by atoms with Crippen LogP contribution < -0.4 is 14.8 Å². The molecule has 5 rings (SSSR count). The van der Waals surface area contributed by atoms with Gasteiger partial charge in [0.25, 0.3) is 5.91 Å². The Morgan fingerprint density at radius 1 is 1.02 bits per heavy atom. The molecule has 0 bridgehead atoms. The first-order chi connectivity index (χ1) is 19.5. The van der Waals surface area contributed by atoms with Crippen molar-refractivity contribution in [3.8, 4) is 11.3 Å². The highest BCUT2D eigenvalue weighted by Crippen LogP contribution is 2.24. The van der Waals surface area contributed by atoms with Gasteiger partial charge in [-0.15, -0.1) is 0 Å². The molecule has 0 aliphatic carbocycles. The van der Waals surface area contributed by atoms with Crippen molar-refractivity contribution >= 4 is 23.3 Å². The average molecular weight is 579 g/mol. The van der Waals surface area contributed by atoms with E-state index in [2.05, 4.69) is 10.3 Å². The maximum atomic E-state index is 13.3. The number of aliphatic carboxylic acids is 1. The molecule has 0 spiro atoms. The van der Waals surface area contributed by atoms with Gasteiger partial charge >= 0.3 is 17.9 Å². The van der Waals surface area contributed by atoms with Crippen LogP contribution in [0.3, 0.4) is 0 Å². The molecule has 2 saturated heterocycles. The second kappa shape index (κ2) is 12.7. The van der Waals surface area contributed by atoms with Gasteiger partial charge in [0.15, 0.2) is 11.2 Å². The van der Waals surface area contributed by atoms with Crippen molar-refractivity contribution in [3.05, 3.63) is 60.0 Å². The van der Waals surface area contributed by atoms with Gasteiger partial charge in [0.05, 0.1) is 31.6 Å². The maximum Gasteiger partial charge on any atom is 0.430 e. The molecule has 2 amide bonds. The monoisotopic (exact) mass is 578 g/mol. The first kappa shape index (κ1) is 30.0. The number of rotatable bonds is 5. The molecule has 11 nitrogen and oxygen atoms in total. The minimum Gasteiger partial charge on any atom is -0.542 e. The summed E-state index contributed by atoms with van der Waals surface area (Å²) in [5.74, 6) is -2.93. The number of hydrogen-bond acceptors (Lipinski definition) is 7. The van der Waals surface area contributed by atoms with E-state index in [1.165, 1.54) is 0 Å². The third kappa shape index (κ3) is 7.01. The van der Waals surface area contributed by atoms with E-state index in [-0.39, 0.29) is 18.4 Å². The molecule has 0 unspecified atom stereocenters. The van der Waals surface area contributed by atoms with Crippen molar-refractivity contribution in [2.45, 2.75) is 24.6 Å². The number of carbonyl (C=O) groups excluding carboxylic acids is 3. The van der Waals surface area contributed by atoms with Crippen molar-refractivity contribution in [3.63, 3.8) is 0 Å². The highest BCUT2D eigenvalue weighted by Gasteiger charge is 2.37. The Hall–Kier alpha value is -4.01. The minimum absolute atomic E-state index is 0.00796. The number of ether oxygens (including phenoxy) is 2. The summed E-state index contributed by atoms with van der Waals surface area (Å²) in [5, 5.41) is 21.8. The second-order valence-electron chi connectivity index (χ2n) is 9.58. The summed E-state index contributed by atoms with van der Waals surface area (Å²) in [6.07, 6.45) is -2.25. The number of pyridine rings is 1. The van der Waals surface area contributed by atoms with E-state index < -0.39 is 17.7 Å². The lowest BCUT2D eigenvalue weighted by Crippen LogP contribution is -2.55. The van der Waals surface area contributed by atoms with Gasteiger partial charge in [-0.1, -0.05) is 6.07 Å². The molecule has 220 valence electrons. The summed E-state index contributed by atoms with van der Waals surface area (Å²) in [6, 6.07) is 13.1. The zero-order chi connectivity index (χ0) is 29.6. The number of alkyl halides is 3. The van der Waals surface area contributed by atoms with Crippen molar-refractivity contribution in [1.82, 2.24) is 15.2 Å². The number of imidazole rings is 1. The first-order valence-corrected chi connectivity index (χ1v) is 12.8. The Labute approximate surface area is 232 Å². The number of carboxylic acids is 1. The molecular weight excluding hydrogens is 549 g/mol. The second-order valence-corrected chi connectivity index (χ2v) is 9.58. The van der Waals surface area contributed by atoms with Gasteiger partial charge in [0.2, 0.25) is 0 Å². The van der Waals surface area contributed by atoms with E-state index >= 15 is 0 Å². The highest BCUT2D eigenvalue weighted by molar-refractivity contribution is 5.95. The van der Waals surface area contributed by atoms with E-state index in [9.17, 15) is 27.9 Å². The Morgan fingerprint density at radius 2 is 1.63 bits per heavy atom. The number of aliphatic hydroxyl groups excluding tert-OH is 1. The van der Waals surface area contributed by atoms with Gasteiger partial charge in [0, 0.05) is 37.4 Å². The lowest BCUT2D eigenvalue weighted by atomic mass is 9.91. The lowest BCUT2D eigenvalue weighted by molar-refractivity contribution is -0.514. The molecular formula is C27H29F3N4O7. The third-order valence-electron chi connectivity index (χ3n) is 6.90. The van der Waals surface area contributed by atoms with Gasteiger partial charge in [-0.3, -0.25) is 9.59 Å². The number of aromatic amines is 1. The maximum absolute atomic E-state index is 13.3. The molecule has 2 aliphatic rings. The molecule has 4 heterocycles. The summed E-state index contributed by atoms with van der Waals surface area (Å²) in [5.41, 5.74) is 2.41. The van der Waals surface area contributed by atoms with Crippen LogP contribution in [0.25, 0.3) is 16.8 Å². The Bertz CT molecular complexity index is 1380. The van der Waals surface area contributed by atoms with Crippen LogP contribution in [-0.2, 0) is 14.3 Å². The van der Waals surface area contributed by atoms with Crippen LogP contribution >= 0.6 is 0 Å². The number of fused-ring (bicyclic) bond motifs is 1. The summed E-state index contributed by atoms with van der Waals surface area (Å²) in [6.45, 7) is 3.17. The molecule has 3 aromatic rings. The standard InChI is InChI=1S/C25H28N4O5.C2HF3O2/c30-17-25(8-13-33-14-9-25)27-23(31)22-26-21(20-3-1-2-10-29(20)22)18-4-6-19(7-5-18)24(32)28-11-15-34-16-12-28;3-2(4,5)1(6)7/h1-7,10,30H,8-9,11-17H2,(H,27,31);(H,6,7). The van der Waals surface area contributed by atoms with Crippen LogP contribution in [-0.4, -0.2) is 90.6 Å². The molecule has 2 fully saturated rings. The van der Waals surface area contributed by atoms with E-state index in [4.69, 9.17) is 19.4 Å². The SMILES string of the molecule is O=C(NC1(CO)CCOCC1)c1[nH]c(-c2ccc(C(=O)N3CCOCC3)cc2)c2cccc[n+]12.O=C([O-])C(F)(F)F. The van der Waals surface area contributed by atoms with E-state index in [1.54, 1.807) is 4.90 Å². The number of benzene rings is 1. The molecule has 2 aliphatic heterocycles. The largest absolute Gasteiger partial charge is 0.542 e. The molecule has 2 aromatic heterocycles. The highest BCUT2D eigenvalue weighted by atomic mass is 19.4. The number of aromatic nitrogens is 2. The van der Waals surface area contributed by atoms with E-state index in [0.29, 0.717) is 63.7 Å². The van der Waals surface area contributed by atoms with Gasteiger partial charge < -0.3 is 34.7 Å². The van der Waals surface area contributed by atoms with Crippen molar-refractivity contribution in [1.29, 1.82) is 0 Å². The quantitative estimate of drug-likeness (QED) is 0.373. The Morgan fingerprint density at radius 3 is 2.22 bits per heavy atom. The number of hydrogen-bond donors (Lipinski definition) is 3. The molecule has 0 radical (unpaired) electrons. The number of halogens is 3. The number of nitrogens with zero attached hydrogens (tertiary/aromatic N) is 2. The summed E-state index contributed by atoms with van der Waals surface area (Å²) in [4.78, 5) is 39.9. The Kier molecular flexibility index (Phi) is 9.25. The molecule has 14 heteroatoms. The predicted molar refractivity (Wildman–Crippen MR) is 135 cm³/mol. The smallest absolute Gasteiger partial charge is 0.430 e. The van der Waals surface area contributed by atoms with Crippen LogP contribution in [0.15, 0.2) is 48.7 Å². The van der Waals surface area contributed by atoms with Gasteiger partial charge in [-0.2, -0.15) is 17.6 Å². The van der Waals surface area contributed by atoms with Crippen molar-refractivity contribution in [2.24, 2.45) is 0 Å². The van der Waals surface area contributed by atoms with Crippen molar-refractivity contribution < 1.29 is 51.6 Å². The normalized spacial score (nSPS) is 16.9. The van der Waals surface area contributed by atoms with E-state index in [1.807, 2.05) is 53.1 Å². The summed E-state index contributed by atoms with van der Waals surface area (Å²) in [7, 11) is 0. The molecule has 0 atom stereocenters. The lowest BCUT2D eigenvalue weighted by Gasteiger charge is -2.35. The number of nitrogens with one attached hydrogen (secondary N) is 2. The van der Waals surface area contributed by atoms with Gasteiger partial charge in [-0.25, -0.2) is 4.98 Å². The van der Waals surface area contributed by atoms with Gasteiger partial charge in [0.1, 0.15) is 5.97 Å². The zero-order valence-corrected chi connectivity index (χ0v) is 21.9. The van der Waals surface area contributed by atoms with Crippen LogP contribution in [0.1, 0.15) is 33.8 Å². The molecule has 3 N–H and O–H groups in total. The van der Waals surface area contributed by atoms with Crippen LogP contribution in [0.2, 0.25) is 0 Å². The molecule has 41 heavy (non-hydrogen) atoms. The first-order valence-electron chi connectivity index (χ1n) is 12.8. The topological polar surface area (TPSA) is 148 Å². The average Bonchev–Trinajstić information content (AvgIpc) is 3.38. The number of morpholine rings is 1. The number of aliphatic hydroxyl groups is 1. The fraction of sp³-hybridized carbons (Fsp3) is 0.407. The number of carboxylic acid groups (broad SMARTS) is 1. The molecule has 1 aromatic carbocycles.